The van der Waals surface area contributed by atoms with E-state index in [1.54, 1.807) is 6.92 Å². The van der Waals surface area contributed by atoms with Gasteiger partial charge in [-0.3, -0.25) is 19.9 Å². The van der Waals surface area contributed by atoms with Gasteiger partial charge >= 0.3 is 6.03 Å². The summed E-state index contributed by atoms with van der Waals surface area (Å²) in [5.41, 5.74) is 1.49. The largest absolute Gasteiger partial charge is 0.344 e. The maximum Gasteiger partial charge on any atom is 0.344 e. The zero-order valence-corrected chi connectivity index (χ0v) is 12.1. The molecule has 2 saturated heterocycles. The number of rotatable bonds is 4. The third-order valence-electron chi connectivity index (χ3n) is 4.02. The molecule has 2 heterocycles. The zero-order valence-electron chi connectivity index (χ0n) is 12.1. The molecule has 0 aromatic heterocycles. The Labute approximate surface area is 118 Å². The number of carbonyl (C=O) groups is 3. The zero-order chi connectivity index (χ0) is 14.8. The highest BCUT2D eigenvalue weighted by Gasteiger charge is 2.47. The molecular weight excluding hydrogens is 260 g/mol. The molecule has 1 atom stereocenters. The first-order chi connectivity index (χ1) is 9.46. The van der Waals surface area contributed by atoms with Crippen LogP contribution in [0.1, 0.15) is 39.5 Å². The number of hydrogen-bond acceptors (Lipinski definition) is 4. The number of nitrogens with zero attached hydrogens (tertiary/aromatic N) is 2. The topological polar surface area (TPSA) is 81.8 Å². The predicted octanol–water partition coefficient (Wildman–Crippen LogP) is 0.224. The summed E-state index contributed by atoms with van der Waals surface area (Å²) in [4.78, 5) is 37.8. The fourth-order valence-corrected chi connectivity index (χ4v) is 2.51. The molecule has 0 radical (unpaired) electrons. The molecular formula is C13H22N4O3. The van der Waals surface area contributed by atoms with Gasteiger partial charge in [-0.15, -0.1) is 0 Å². The Morgan fingerprint density at radius 2 is 1.95 bits per heavy atom. The van der Waals surface area contributed by atoms with Gasteiger partial charge in [0, 0.05) is 0 Å². The van der Waals surface area contributed by atoms with Crippen molar-refractivity contribution in [2.45, 2.75) is 45.1 Å². The quantitative estimate of drug-likeness (QED) is 0.723. The van der Waals surface area contributed by atoms with Crippen molar-refractivity contribution in [1.82, 2.24) is 20.7 Å². The van der Waals surface area contributed by atoms with E-state index in [4.69, 9.17) is 0 Å². The maximum absolute atomic E-state index is 12.1. The van der Waals surface area contributed by atoms with Crippen molar-refractivity contribution in [2.24, 2.45) is 0 Å². The first-order valence-corrected chi connectivity index (χ1v) is 7.15. The number of hydrazine groups is 1. The second-order valence-corrected chi connectivity index (χ2v) is 5.63. The van der Waals surface area contributed by atoms with Gasteiger partial charge in [0.2, 0.25) is 0 Å². The molecule has 2 N–H and O–H groups in total. The van der Waals surface area contributed by atoms with E-state index >= 15 is 0 Å². The van der Waals surface area contributed by atoms with Crippen LogP contribution in [0.3, 0.4) is 0 Å². The molecule has 20 heavy (non-hydrogen) atoms. The first kappa shape index (κ1) is 14.8. The van der Waals surface area contributed by atoms with Crippen LogP contribution in [0.2, 0.25) is 0 Å². The highest BCUT2D eigenvalue weighted by molar-refractivity contribution is 6.07. The second kappa shape index (κ2) is 5.78. The number of piperidine rings is 1. The minimum absolute atomic E-state index is 0.222. The van der Waals surface area contributed by atoms with E-state index in [1.165, 1.54) is 6.42 Å². The average Bonchev–Trinajstić information content (AvgIpc) is 2.64. The van der Waals surface area contributed by atoms with Gasteiger partial charge in [0.1, 0.15) is 5.54 Å². The lowest BCUT2D eigenvalue weighted by Crippen LogP contribution is -2.51. The normalized spacial score (nSPS) is 27.6. The summed E-state index contributed by atoms with van der Waals surface area (Å²) in [7, 11) is 0. The maximum atomic E-state index is 12.1. The standard InChI is InChI=1S/C13H22N4O3/c1-3-13(2)11(19)17(12(20)14-13)15-10(18)9-16-7-5-4-6-8-16/h3-9H2,1-2H3,(H,14,20)(H,15,18). The second-order valence-electron chi connectivity index (χ2n) is 5.63. The van der Waals surface area contributed by atoms with E-state index in [0.717, 1.165) is 30.9 Å². The van der Waals surface area contributed by atoms with Crippen LogP contribution >= 0.6 is 0 Å². The molecule has 2 aliphatic rings. The lowest BCUT2D eigenvalue weighted by molar-refractivity contribution is -0.139. The summed E-state index contributed by atoms with van der Waals surface area (Å²) in [6, 6.07) is -0.564. The number of urea groups is 1. The van der Waals surface area contributed by atoms with Gasteiger partial charge < -0.3 is 5.32 Å². The molecule has 0 saturated carbocycles. The van der Waals surface area contributed by atoms with E-state index < -0.39 is 17.5 Å². The molecule has 0 spiro atoms. The number of imide groups is 1. The summed E-state index contributed by atoms with van der Waals surface area (Å²) >= 11 is 0. The number of likely N-dealkylation sites (tertiary alicyclic amines) is 1. The molecule has 2 rings (SSSR count). The van der Waals surface area contributed by atoms with E-state index in [2.05, 4.69) is 10.7 Å². The Morgan fingerprint density at radius 3 is 2.50 bits per heavy atom. The molecule has 0 aromatic carbocycles. The van der Waals surface area contributed by atoms with Crippen LogP contribution in [0, 0.1) is 0 Å². The summed E-state index contributed by atoms with van der Waals surface area (Å²) in [6.07, 6.45) is 3.85. The smallest absolute Gasteiger partial charge is 0.322 e. The van der Waals surface area contributed by atoms with Gasteiger partial charge in [0.15, 0.2) is 0 Å². The van der Waals surface area contributed by atoms with Crippen LogP contribution in [0.15, 0.2) is 0 Å². The monoisotopic (exact) mass is 282 g/mol. The van der Waals surface area contributed by atoms with Crippen LogP contribution in [0.4, 0.5) is 4.79 Å². The van der Waals surface area contributed by atoms with Gasteiger partial charge in [0.25, 0.3) is 11.8 Å². The van der Waals surface area contributed by atoms with E-state index in [9.17, 15) is 14.4 Å². The molecule has 0 aliphatic carbocycles. The van der Waals surface area contributed by atoms with E-state index in [-0.39, 0.29) is 12.5 Å². The van der Waals surface area contributed by atoms with Crippen LogP contribution in [0.25, 0.3) is 0 Å². The fraction of sp³-hybridized carbons (Fsp3) is 0.769. The third-order valence-corrected chi connectivity index (χ3v) is 4.02. The van der Waals surface area contributed by atoms with Gasteiger partial charge in [0.05, 0.1) is 6.54 Å². The van der Waals surface area contributed by atoms with Gasteiger partial charge in [-0.2, -0.15) is 5.01 Å². The Morgan fingerprint density at radius 1 is 1.30 bits per heavy atom. The molecule has 4 amide bonds. The Bertz CT molecular complexity index is 420. The van der Waals surface area contributed by atoms with Gasteiger partial charge in [-0.25, -0.2) is 4.79 Å². The average molecular weight is 282 g/mol. The van der Waals surface area contributed by atoms with Crippen molar-refractivity contribution in [1.29, 1.82) is 0 Å². The molecule has 2 fully saturated rings. The fourth-order valence-electron chi connectivity index (χ4n) is 2.51. The van der Waals surface area contributed by atoms with Crippen LogP contribution in [-0.4, -0.2) is 52.9 Å². The Kier molecular flexibility index (Phi) is 4.27. The number of hydrogen-bond donors (Lipinski definition) is 2. The van der Waals surface area contributed by atoms with Crippen molar-refractivity contribution in [2.75, 3.05) is 19.6 Å². The summed E-state index contributed by atoms with van der Waals surface area (Å²) in [6.45, 7) is 5.47. The molecule has 7 heteroatoms. The lowest BCUT2D eigenvalue weighted by Gasteiger charge is -2.26. The lowest BCUT2D eigenvalue weighted by atomic mass is 10.00. The first-order valence-electron chi connectivity index (χ1n) is 7.15. The summed E-state index contributed by atoms with van der Waals surface area (Å²) in [5, 5.41) is 3.40. The number of amides is 4. The molecule has 1 unspecified atom stereocenters. The predicted molar refractivity (Wildman–Crippen MR) is 72.5 cm³/mol. The molecule has 112 valence electrons. The Hall–Kier alpha value is -1.63. The molecule has 0 aromatic rings. The highest BCUT2D eigenvalue weighted by Crippen LogP contribution is 2.19. The molecule has 2 aliphatic heterocycles. The third kappa shape index (κ3) is 2.92. The Balaban J connectivity index is 1.90. The highest BCUT2D eigenvalue weighted by atomic mass is 16.2. The summed E-state index contributed by atoms with van der Waals surface area (Å²) in [5.74, 6) is -0.729. The van der Waals surface area contributed by atoms with E-state index in [1.807, 2.05) is 11.8 Å². The van der Waals surface area contributed by atoms with Gasteiger partial charge in [-0.05, 0) is 39.3 Å². The van der Waals surface area contributed by atoms with E-state index in [0.29, 0.717) is 6.42 Å². The van der Waals surface area contributed by atoms with Gasteiger partial charge in [-0.1, -0.05) is 13.3 Å². The van der Waals surface area contributed by atoms with Crippen LogP contribution in [-0.2, 0) is 9.59 Å². The van der Waals surface area contributed by atoms with Crippen molar-refractivity contribution in [3.05, 3.63) is 0 Å². The number of carbonyl (C=O) groups excluding carboxylic acids is 3. The number of nitrogens with one attached hydrogen (secondary N) is 2. The minimum Gasteiger partial charge on any atom is -0.322 e. The van der Waals surface area contributed by atoms with Crippen LogP contribution in [0.5, 0.6) is 0 Å². The van der Waals surface area contributed by atoms with Crippen molar-refractivity contribution in [3.63, 3.8) is 0 Å². The molecule has 7 nitrogen and oxygen atoms in total. The SMILES string of the molecule is CCC1(C)NC(=O)N(NC(=O)CN2CCCCC2)C1=O. The van der Waals surface area contributed by atoms with Crippen molar-refractivity contribution in [3.8, 4) is 0 Å². The molecule has 0 bridgehead atoms. The minimum atomic E-state index is -0.921. The van der Waals surface area contributed by atoms with Crippen molar-refractivity contribution >= 4 is 17.8 Å². The van der Waals surface area contributed by atoms with Crippen LogP contribution < -0.4 is 10.7 Å². The van der Waals surface area contributed by atoms with Crippen molar-refractivity contribution < 1.29 is 14.4 Å². The summed E-state index contributed by atoms with van der Waals surface area (Å²) < 4.78 is 0.